The van der Waals surface area contributed by atoms with Gasteiger partial charge in [0.1, 0.15) is 0 Å². The molecular formula is C24H31N5O4S6. The molecule has 2 rings (SSSR count). The van der Waals surface area contributed by atoms with Crippen LogP contribution in [0.1, 0.15) is 20.7 Å². The lowest BCUT2D eigenvalue weighted by atomic mass is 10.1. The number of amides is 2. The van der Waals surface area contributed by atoms with E-state index in [1.165, 1.54) is 39.1 Å². The molecule has 0 saturated heterocycles. The number of aliphatic hydroxyl groups is 1. The monoisotopic (exact) mass is 645 g/mol. The lowest BCUT2D eigenvalue weighted by Crippen LogP contribution is -2.33. The molecule has 2 atom stereocenters. The summed E-state index contributed by atoms with van der Waals surface area (Å²) in [6, 6.07) is 13.4. The molecule has 212 valence electrons. The van der Waals surface area contributed by atoms with Crippen LogP contribution in [0.5, 0.6) is 0 Å². The number of thiocarbonyl (C=S) groups is 1. The zero-order valence-corrected chi connectivity index (χ0v) is 25.8. The van der Waals surface area contributed by atoms with E-state index in [-0.39, 0.29) is 29.6 Å². The molecule has 0 aliphatic rings. The number of carbonyl (C=O) groups excluding carboxylic acids is 3. The van der Waals surface area contributed by atoms with Gasteiger partial charge in [0.25, 0.3) is 11.8 Å². The molecule has 0 unspecified atom stereocenters. The minimum Gasteiger partial charge on any atom is -0.394 e. The van der Waals surface area contributed by atoms with E-state index in [2.05, 4.69) is 50.7 Å². The van der Waals surface area contributed by atoms with Gasteiger partial charge in [0, 0.05) is 30.3 Å². The third-order valence-electron chi connectivity index (χ3n) is 4.90. The molecule has 0 heterocycles. The third-order valence-corrected chi connectivity index (χ3v) is 8.79. The molecule has 2 aromatic carbocycles. The van der Waals surface area contributed by atoms with E-state index in [0.717, 1.165) is 0 Å². The van der Waals surface area contributed by atoms with Crippen molar-refractivity contribution in [2.24, 2.45) is 0 Å². The van der Waals surface area contributed by atoms with Crippen molar-refractivity contribution < 1.29 is 19.5 Å². The molecule has 15 heteroatoms. The molecular weight excluding hydrogens is 615 g/mol. The third kappa shape index (κ3) is 12.3. The summed E-state index contributed by atoms with van der Waals surface area (Å²) in [7, 11) is 2.86. The Morgan fingerprint density at radius 1 is 0.923 bits per heavy atom. The molecule has 0 bridgehead atoms. The minimum absolute atomic E-state index is 0.0735. The van der Waals surface area contributed by atoms with E-state index in [1.807, 2.05) is 12.1 Å². The summed E-state index contributed by atoms with van der Waals surface area (Å²) >= 11 is 14.1. The van der Waals surface area contributed by atoms with E-state index >= 15 is 0 Å². The number of para-hydroxylation sites is 2. The van der Waals surface area contributed by atoms with Crippen LogP contribution in [0.15, 0.2) is 48.5 Å². The summed E-state index contributed by atoms with van der Waals surface area (Å²) < 4.78 is 5.98. The zero-order chi connectivity index (χ0) is 28.5. The van der Waals surface area contributed by atoms with E-state index in [4.69, 9.17) is 17.3 Å². The predicted molar refractivity (Wildman–Crippen MR) is 176 cm³/mol. The summed E-state index contributed by atoms with van der Waals surface area (Å²) in [4.78, 5) is 37.1. The molecule has 9 nitrogen and oxygen atoms in total. The maximum Gasteiger partial charge on any atom is 0.253 e. The van der Waals surface area contributed by atoms with Gasteiger partial charge in [-0.25, -0.2) is 4.72 Å². The van der Waals surface area contributed by atoms with Gasteiger partial charge in [0.15, 0.2) is 0 Å². The van der Waals surface area contributed by atoms with Crippen molar-refractivity contribution in [2.75, 3.05) is 42.3 Å². The molecule has 0 aromatic heterocycles. The van der Waals surface area contributed by atoms with Crippen LogP contribution >= 0.6 is 71.2 Å². The molecule has 2 amide bonds. The quantitative estimate of drug-likeness (QED) is 0.0377. The van der Waals surface area contributed by atoms with Crippen LogP contribution in [0.3, 0.4) is 0 Å². The SMILES string of the molecule is O=C(NCCSN[C@@H](CS)C(=O)S)c1ccccc1Nc1ccccc1C(=O)NCCSSN[C@@H](C=S)CO. The van der Waals surface area contributed by atoms with Crippen molar-refractivity contribution in [1.29, 1.82) is 0 Å². The molecule has 0 radical (unpaired) electrons. The fourth-order valence-electron chi connectivity index (χ4n) is 2.91. The van der Waals surface area contributed by atoms with Gasteiger partial charge in [-0.3, -0.25) is 19.1 Å². The van der Waals surface area contributed by atoms with Crippen LogP contribution in [0, 0.1) is 0 Å². The Bertz CT molecular complexity index is 1100. The number of hydrogen-bond donors (Lipinski definition) is 8. The fraction of sp³-hybridized carbons (Fsp3) is 0.333. The smallest absolute Gasteiger partial charge is 0.253 e. The zero-order valence-electron chi connectivity index (χ0n) is 20.8. The summed E-state index contributed by atoms with van der Waals surface area (Å²) in [5.74, 6) is 1.00. The van der Waals surface area contributed by atoms with Gasteiger partial charge in [-0.1, -0.05) is 59.2 Å². The number of nitrogens with one attached hydrogen (secondary N) is 5. The van der Waals surface area contributed by atoms with Gasteiger partial charge in [-0.2, -0.15) is 12.6 Å². The lowest BCUT2D eigenvalue weighted by molar-refractivity contribution is -0.111. The van der Waals surface area contributed by atoms with E-state index < -0.39 is 6.04 Å². The Morgan fingerprint density at radius 2 is 1.49 bits per heavy atom. The average molecular weight is 646 g/mol. The van der Waals surface area contributed by atoms with Gasteiger partial charge >= 0.3 is 0 Å². The molecule has 2 aromatic rings. The first-order valence-electron chi connectivity index (χ1n) is 11.7. The van der Waals surface area contributed by atoms with E-state index in [9.17, 15) is 14.4 Å². The van der Waals surface area contributed by atoms with Gasteiger partial charge in [0.05, 0.1) is 41.2 Å². The number of carbonyl (C=O) groups is 3. The highest BCUT2D eigenvalue weighted by atomic mass is 33.1. The van der Waals surface area contributed by atoms with Crippen LogP contribution < -0.4 is 25.4 Å². The van der Waals surface area contributed by atoms with Gasteiger partial charge in [-0.05, 0) is 40.6 Å². The van der Waals surface area contributed by atoms with Gasteiger partial charge in [-0.15, -0.1) is 12.6 Å². The van der Waals surface area contributed by atoms with Crippen LogP contribution in [-0.4, -0.2) is 76.4 Å². The Morgan fingerprint density at radius 3 is 2.00 bits per heavy atom. The Hall–Kier alpha value is -1.43. The number of aliphatic hydroxyl groups excluding tert-OH is 1. The number of thiol groups is 2. The van der Waals surface area contributed by atoms with Crippen molar-refractivity contribution in [2.45, 2.75) is 12.1 Å². The number of hydrogen-bond acceptors (Lipinski definition) is 12. The maximum absolute atomic E-state index is 12.9. The van der Waals surface area contributed by atoms with Crippen molar-refractivity contribution in [1.82, 2.24) is 20.1 Å². The topological polar surface area (TPSA) is 132 Å². The minimum atomic E-state index is -0.463. The average Bonchev–Trinajstić information content (AvgIpc) is 2.94. The highest BCUT2D eigenvalue weighted by Crippen LogP contribution is 2.24. The first-order valence-corrected chi connectivity index (χ1v) is 16.6. The second-order valence-electron chi connectivity index (χ2n) is 7.72. The number of benzene rings is 2. The van der Waals surface area contributed by atoms with Crippen LogP contribution in [-0.2, 0) is 4.79 Å². The fourth-order valence-corrected chi connectivity index (χ4v) is 6.31. The van der Waals surface area contributed by atoms with Crippen molar-refractivity contribution in [3.8, 4) is 0 Å². The van der Waals surface area contributed by atoms with Crippen LogP contribution in [0.2, 0.25) is 0 Å². The molecule has 0 aliphatic heterocycles. The summed E-state index contributed by atoms with van der Waals surface area (Å²) in [5, 5.41) is 19.3. The number of anilines is 2. The van der Waals surface area contributed by atoms with Crippen molar-refractivity contribution >= 4 is 105 Å². The number of rotatable bonds is 19. The second kappa shape index (κ2) is 19.6. The second-order valence-corrected chi connectivity index (χ2v) is 12.0. The van der Waals surface area contributed by atoms with Gasteiger partial charge in [0.2, 0.25) is 5.12 Å². The van der Waals surface area contributed by atoms with E-state index in [1.54, 1.807) is 36.4 Å². The highest BCUT2D eigenvalue weighted by molar-refractivity contribution is 8.76. The molecule has 0 saturated carbocycles. The van der Waals surface area contributed by atoms with Crippen LogP contribution in [0.4, 0.5) is 11.4 Å². The predicted octanol–water partition coefficient (Wildman–Crippen LogP) is 3.13. The van der Waals surface area contributed by atoms with Crippen LogP contribution in [0.25, 0.3) is 0 Å². The summed E-state index contributed by atoms with van der Waals surface area (Å²) in [6.45, 7) is 0.744. The van der Waals surface area contributed by atoms with E-state index in [0.29, 0.717) is 52.8 Å². The molecule has 39 heavy (non-hydrogen) atoms. The Kier molecular flexibility index (Phi) is 17.0. The first kappa shape index (κ1) is 33.8. The molecule has 6 N–H and O–H groups in total. The van der Waals surface area contributed by atoms with Crippen molar-refractivity contribution in [3.63, 3.8) is 0 Å². The summed E-state index contributed by atoms with van der Waals surface area (Å²) in [6.07, 6.45) is 0. The Balaban J connectivity index is 1.91. The first-order chi connectivity index (χ1) is 18.9. The largest absolute Gasteiger partial charge is 0.394 e. The maximum atomic E-state index is 12.9. The standard InChI is InChI=1S/C24H31N5O4S6/c30-13-16(14-34)28-39-38-12-10-26-23(32)18-6-2-4-8-20(18)27-19-7-3-1-5-17(19)22(31)25-9-11-37-29-21(15-35)24(33)36/h1-8,14,16,21,27-30,35H,9-13,15H2,(H,25,31)(H,26,32)(H,33,36)/t16-,21+/m1/s1. The van der Waals surface area contributed by atoms with Crippen molar-refractivity contribution in [3.05, 3.63) is 59.7 Å². The molecule has 0 fully saturated rings. The summed E-state index contributed by atoms with van der Waals surface area (Å²) in [5.41, 5.74) is 2.01. The Labute approximate surface area is 257 Å². The highest BCUT2D eigenvalue weighted by Gasteiger charge is 2.16. The lowest BCUT2D eigenvalue weighted by Gasteiger charge is -2.15. The van der Waals surface area contributed by atoms with Gasteiger partial charge < -0.3 is 21.1 Å². The normalized spacial score (nSPS) is 12.3. The molecule has 0 spiro atoms. The molecule has 0 aliphatic carbocycles.